The van der Waals surface area contributed by atoms with Crippen LogP contribution in [0.3, 0.4) is 0 Å². The minimum absolute atomic E-state index is 0.0812. The van der Waals surface area contributed by atoms with Crippen molar-refractivity contribution in [2.75, 3.05) is 0 Å². The van der Waals surface area contributed by atoms with Gasteiger partial charge in [0.15, 0.2) is 5.78 Å². The lowest BCUT2D eigenvalue weighted by atomic mass is 10.0. The van der Waals surface area contributed by atoms with Crippen molar-refractivity contribution in [3.05, 3.63) is 83.0 Å². The predicted octanol–water partition coefficient (Wildman–Crippen LogP) is 2.52. The van der Waals surface area contributed by atoms with Gasteiger partial charge in [0.05, 0.1) is 11.1 Å². The second kappa shape index (κ2) is 5.06. The maximum atomic E-state index is 12.7. The average Bonchev–Trinajstić information content (AvgIpc) is 2.56. The summed E-state index contributed by atoms with van der Waals surface area (Å²) in [7, 11) is 0. The highest BCUT2D eigenvalue weighted by Gasteiger charge is 2.15. The highest BCUT2D eigenvalue weighted by molar-refractivity contribution is 6.13. The number of aromatic nitrogens is 1. The normalized spacial score (nSPS) is 10.2. The first-order chi connectivity index (χ1) is 10.2. The number of ketones is 1. The topological polar surface area (TPSA) is 69.1 Å². The first-order valence-electron chi connectivity index (χ1n) is 6.41. The van der Waals surface area contributed by atoms with Crippen molar-refractivity contribution in [3.63, 3.8) is 0 Å². The van der Waals surface area contributed by atoms with Crippen molar-refractivity contribution >= 4 is 11.3 Å². The molecule has 4 heteroatoms. The molecular weight excluding hydrogens is 262 g/mol. The standard InChI is InChI=1S/C17H11N3O/c18-11-13-10-14(16(21)12-6-2-1-3-7-12)15-8-4-5-9-20(15)17(13)19/h1-10,19H. The molecule has 0 fully saturated rings. The van der Waals surface area contributed by atoms with E-state index in [1.165, 1.54) is 6.07 Å². The van der Waals surface area contributed by atoms with Crippen LogP contribution in [-0.2, 0) is 0 Å². The molecule has 0 saturated heterocycles. The molecule has 0 unspecified atom stereocenters. The van der Waals surface area contributed by atoms with Gasteiger partial charge in [-0.2, -0.15) is 5.26 Å². The molecule has 3 aromatic rings. The first kappa shape index (κ1) is 12.8. The van der Waals surface area contributed by atoms with Gasteiger partial charge in [-0.1, -0.05) is 36.4 Å². The summed E-state index contributed by atoms with van der Waals surface area (Å²) in [4.78, 5) is 12.7. The van der Waals surface area contributed by atoms with Crippen LogP contribution in [-0.4, -0.2) is 10.2 Å². The lowest BCUT2D eigenvalue weighted by Crippen LogP contribution is -2.19. The molecule has 0 radical (unpaired) electrons. The van der Waals surface area contributed by atoms with Gasteiger partial charge in [-0.15, -0.1) is 0 Å². The molecule has 21 heavy (non-hydrogen) atoms. The van der Waals surface area contributed by atoms with E-state index in [0.717, 1.165) is 0 Å². The average molecular weight is 273 g/mol. The number of pyridine rings is 2. The summed E-state index contributed by atoms with van der Waals surface area (Å²) in [5, 5.41) is 17.2. The van der Waals surface area contributed by atoms with Gasteiger partial charge < -0.3 is 4.40 Å². The summed E-state index contributed by atoms with van der Waals surface area (Å²) in [6.07, 6.45) is 1.68. The lowest BCUT2D eigenvalue weighted by molar-refractivity contribution is 0.104. The molecule has 2 aromatic heterocycles. The van der Waals surface area contributed by atoms with Crippen LogP contribution in [0.15, 0.2) is 60.8 Å². The number of hydrogen-bond acceptors (Lipinski definition) is 3. The van der Waals surface area contributed by atoms with Crippen molar-refractivity contribution in [1.82, 2.24) is 4.40 Å². The Kier molecular flexibility index (Phi) is 3.09. The minimum atomic E-state index is -0.157. The second-order valence-corrected chi connectivity index (χ2v) is 4.58. The summed E-state index contributed by atoms with van der Waals surface area (Å²) < 4.78 is 1.55. The van der Waals surface area contributed by atoms with Crippen molar-refractivity contribution in [2.24, 2.45) is 0 Å². The number of nitriles is 1. The van der Waals surface area contributed by atoms with Crippen LogP contribution < -0.4 is 5.49 Å². The highest BCUT2D eigenvalue weighted by atomic mass is 16.1. The smallest absolute Gasteiger partial charge is 0.195 e. The number of carbonyl (C=O) groups is 1. The zero-order valence-corrected chi connectivity index (χ0v) is 11.1. The Labute approximate surface area is 121 Å². The molecule has 0 aliphatic rings. The molecule has 3 rings (SSSR count). The highest BCUT2D eigenvalue weighted by Crippen LogP contribution is 2.15. The third-order valence-electron chi connectivity index (χ3n) is 3.32. The van der Waals surface area contributed by atoms with E-state index in [1.54, 1.807) is 47.0 Å². The monoisotopic (exact) mass is 273 g/mol. The van der Waals surface area contributed by atoms with Crippen LogP contribution in [0, 0.1) is 16.7 Å². The van der Waals surface area contributed by atoms with Crippen LogP contribution in [0.5, 0.6) is 0 Å². The number of rotatable bonds is 2. The Bertz CT molecular complexity index is 934. The molecule has 100 valence electrons. The zero-order chi connectivity index (χ0) is 14.8. The Morgan fingerprint density at radius 2 is 1.81 bits per heavy atom. The van der Waals surface area contributed by atoms with Crippen LogP contribution in [0.1, 0.15) is 21.5 Å². The molecular formula is C17H11N3O. The number of nitrogens with zero attached hydrogens (tertiary/aromatic N) is 2. The van der Waals surface area contributed by atoms with Gasteiger partial charge in [0.1, 0.15) is 11.6 Å². The van der Waals surface area contributed by atoms with Crippen LogP contribution in [0.25, 0.3) is 5.52 Å². The fourth-order valence-electron chi connectivity index (χ4n) is 2.29. The van der Waals surface area contributed by atoms with Crippen molar-refractivity contribution in [2.45, 2.75) is 0 Å². The van der Waals surface area contributed by atoms with E-state index >= 15 is 0 Å². The number of nitrogens with one attached hydrogen (secondary N) is 1. The van der Waals surface area contributed by atoms with E-state index in [0.29, 0.717) is 16.6 Å². The second-order valence-electron chi connectivity index (χ2n) is 4.58. The molecule has 0 bridgehead atoms. The summed E-state index contributed by atoms with van der Waals surface area (Å²) in [5.41, 5.74) is 1.87. The van der Waals surface area contributed by atoms with E-state index in [2.05, 4.69) is 0 Å². The molecule has 1 aromatic carbocycles. The Morgan fingerprint density at radius 3 is 2.52 bits per heavy atom. The molecule has 1 N–H and O–H groups in total. The van der Waals surface area contributed by atoms with Crippen LogP contribution in [0.2, 0.25) is 0 Å². The molecule has 0 saturated carbocycles. The quantitative estimate of drug-likeness (QED) is 0.729. The van der Waals surface area contributed by atoms with Gasteiger partial charge in [0, 0.05) is 17.3 Å². The van der Waals surface area contributed by atoms with E-state index in [9.17, 15) is 4.79 Å². The van der Waals surface area contributed by atoms with Crippen LogP contribution >= 0.6 is 0 Å². The van der Waals surface area contributed by atoms with E-state index in [-0.39, 0.29) is 16.8 Å². The zero-order valence-electron chi connectivity index (χ0n) is 11.1. The van der Waals surface area contributed by atoms with Gasteiger partial charge in [-0.05, 0) is 18.2 Å². The largest absolute Gasteiger partial charge is 0.300 e. The fraction of sp³-hybridized carbons (Fsp3) is 0. The third kappa shape index (κ3) is 2.11. The molecule has 0 aliphatic carbocycles. The van der Waals surface area contributed by atoms with E-state index < -0.39 is 0 Å². The summed E-state index contributed by atoms with van der Waals surface area (Å²) in [5.74, 6) is -0.157. The predicted molar refractivity (Wildman–Crippen MR) is 77.8 cm³/mol. The molecule has 4 nitrogen and oxygen atoms in total. The van der Waals surface area contributed by atoms with E-state index in [4.69, 9.17) is 10.7 Å². The SMILES string of the molecule is N#Cc1cc(C(=O)c2ccccc2)c2ccccn2c1=N. The maximum absolute atomic E-state index is 12.7. The van der Waals surface area contributed by atoms with Crippen LogP contribution in [0.4, 0.5) is 0 Å². The molecule has 0 spiro atoms. The van der Waals surface area contributed by atoms with Gasteiger partial charge in [0.25, 0.3) is 0 Å². The fourth-order valence-corrected chi connectivity index (χ4v) is 2.29. The van der Waals surface area contributed by atoms with Crippen molar-refractivity contribution in [1.29, 1.82) is 10.7 Å². The summed E-state index contributed by atoms with van der Waals surface area (Å²) in [6.45, 7) is 0. The number of carbonyl (C=O) groups excluding carboxylic acids is 1. The molecule has 2 heterocycles. The molecule has 0 amide bonds. The Balaban J connectivity index is 2.33. The Hall–Kier alpha value is -3.19. The molecule has 0 aliphatic heterocycles. The number of hydrogen-bond donors (Lipinski definition) is 1. The van der Waals surface area contributed by atoms with Gasteiger partial charge >= 0.3 is 0 Å². The van der Waals surface area contributed by atoms with Gasteiger partial charge in [-0.25, -0.2) is 0 Å². The maximum Gasteiger partial charge on any atom is 0.195 e. The first-order valence-corrected chi connectivity index (χ1v) is 6.41. The molecule has 0 atom stereocenters. The Morgan fingerprint density at radius 1 is 1.10 bits per heavy atom. The lowest BCUT2D eigenvalue weighted by Gasteiger charge is -2.09. The summed E-state index contributed by atoms with van der Waals surface area (Å²) >= 11 is 0. The number of benzene rings is 1. The minimum Gasteiger partial charge on any atom is -0.300 e. The van der Waals surface area contributed by atoms with Gasteiger partial charge in [-0.3, -0.25) is 10.2 Å². The van der Waals surface area contributed by atoms with Crippen molar-refractivity contribution in [3.8, 4) is 6.07 Å². The number of fused-ring (bicyclic) bond motifs is 1. The van der Waals surface area contributed by atoms with E-state index in [1.807, 2.05) is 18.2 Å². The summed E-state index contributed by atoms with van der Waals surface area (Å²) in [6, 6.07) is 17.7. The third-order valence-corrected chi connectivity index (χ3v) is 3.32. The van der Waals surface area contributed by atoms with Crippen molar-refractivity contribution < 1.29 is 4.79 Å². The van der Waals surface area contributed by atoms with Gasteiger partial charge in [0.2, 0.25) is 0 Å².